The van der Waals surface area contributed by atoms with Gasteiger partial charge in [-0.2, -0.15) is 0 Å². The molecule has 6 heteroatoms. The lowest BCUT2D eigenvalue weighted by atomic mass is 10.0. The predicted octanol–water partition coefficient (Wildman–Crippen LogP) is 12.1. The van der Waals surface area contributed by atoms with Gasteiger partial charge in [0, 0.05) is 6.42 Å². The molecule has 0 aliphatic heterocycles. The van der Waals surface area contributed by atoms with E-state index in [1.54, 1.807) is 0 Å². The number of allylic oxidation sites excluding steroid dienone is 10. The number of aliphatic hydroxyl groups excluding tert-OH is 2. The summed E-state index contributed by atoms with van der Waals surface area (Å²) in [5.74, 6) is -0.560. The Morgan fingerprint density at radius 2 is 1.10 bits per heavy atom. The van der Waals surface area contributed by atoms with Gasteiger partial charge in [0.25, 0.3) is 0 Å². The first-order chi connectivity index (χ1) is 25.5. The number of rotatable bonds is 37. The Kier molecular flexibility index (Phi) is 37.9. The highest BCUT2D eigenvalue weighted by Gasteiger charge is 2.23. The highest BCUT2D eigenvalue weighted by Crippen LogP contribution is 2.16. The molecule has 0 aromatic heterocycles. The van der Waals surface area contributed by atoms with Crippen molar-refractivity contribution in [1.82, 2.24) is 5.32 Å². The molecule has 0 saturated heterocycles. The summed E-state index contributed by atoms with van der Waals surface area (Å²) >= 11 is 0. The molecule has 0 aromatic rings. The van der Waals surface area contributed by atoms with Gasteiger partial charge in [0.15, 0.2) is 0 Å². The number of carbonyl (C=O) groups excluding carboxylic acids is 2. The zero-order valence-electron chi connectivity index (χ0n) is 33.9. The molecule has 3 unspecified atom stereocenters. The maximum absolute atomic E-state index is 13.1. The highest BCUT2D eigenvalue weighted by atomic mass is 16.5. The highest BCUT2D eigenvalue weighted by molar-refractivity contribution is 5.77. The molecule has 1 amide bonds. The Morgan fingerprint density at radius 3 is 1.71 bits per heavy atom. The number of nitrogens with one attached hydrogen (secondary N) is 1. The molecule has 0 bridgehead atoms. The quantitative estimate of drug-likeness (QED) is 0.0256. The Balaban J connectivity index is 4.71. The summed E-state index contributed by atoms with van der Waals surface area (Å²) in [7, 11) is 0. The van der Waals surface area contributed by atoms with Crippen molar-refractivity contribution in [3.8, 4) is 0 Å². The van der Waals surface area contributed by atoms with Crippen LogP contribution in [0.1, 0.15) is 194 Å². The van der Waals surface area contributed by atoms with Crippen LogP contribution in [0.15, 0.2) is 60.8 Å². The third-order valence-corrected chi connectivity index (χ3v) is 9.43. The van der Waals surface area contributed by atoms with Gasteiger partial charge in [-0.15, -0.1) is 0 Å². The standard InChI is InChI=1S/C46H81NO5/c1-4-7-10-13-16-19-22-25-28-31-34-37-42(52-46(51)39-36-33-30-27-24-21-18-15-12-9-6-3)40-45(50)47-43(41-48)44(49)38-35-32-29-26-23-20-17-14-11-8-5-2/h7,10,13,15-16,18-19,22,25,28,42-44,48-49H,4-6,8-9,11-12,14,17,20-21,23-24,26-27,29-41H2,1-3H3,(H,47,50)/b10-7+,16-13+,18-15-,22-19-,28-25-. The molecular formula is C46H81NO5. The molecule has 0 aliphatic carbocycles. The lowest BCUT2D eigenvalue weighted by molar-refractivity contribution is -0.151. The Bertz CT molecular complexity index is 952. The summed E-state index contributed by atoms with van der Waals surface area (Å²) in [5, 5.41) is 23.5. The minimum Gasteiger partial charge on any atom is -0.462 e. The molecule has 52 heavy (non-hydrogen) atoms. The van der Waals surface area contributed by atoms with Crippen molar-refractivity contribution in [2.45, 2.75) is 212 Å². The number of esters is 1. The fourth-order valence-corrected chi connectivity index (χ4v) is 6.13. The molecule has 3 atom stereocenters. The van der Waals surface area contributed by atoms with Crippen LogP contribution >= 0.6 is 0 Å². The first-order valence-corrected chi connectivity index (χ1v) is 21.6. The summed E-state index contributed by atoms with van der Waals surface area (Å²) < 4.78 is 5.84. The maximum atomic E-state index is 13.1. The van der Waals surface area contributed by atoms with Crippen molar-refractivity contribution < 1.29 is 24.5 Å². The van der Waals surface area contributed by atoms with Gasteiger partial charge >= 0.3 is 5.97 Å². The largest absolute Gasteiger partial charge is 0.462 e. The second kappa shape index (κ2) is 39.8. The third kappa shape index (κ3) is 34.6. The SMILES string of the molecule is CC/C=C/C=C/C=C\C=C/CCCC(CC(=O)NC(CO)C(O)CCCCCCCCCCCCC)OC(=O)CCCCCCC/C=C\CCCC. The molecule has 0 spiro atoms. The molecule has 6 nitrogen and oxygen atoms in total. The number of unbranched alkanes of at least 4 members (excludes halogenated alkanes) is 18. The van der Waals surface area contributed by atoms with E-state index in [0.717, 1.165) is 64.2 Å². The van der Waals surface area contributed by atoms with E-state index in [2.05, 4.69) is 50.4 Å². The lowest BCUT2D eigenvalue weighted by Crippen LogP contribution is -2.46. The smallest absolute Gasteiger partial charge is 0.306 e. The van der Waals surface area contributed by atoms with Crippen LogP contribution in [0, 0.1) is 0 Å². The molecule has 0 saturated carbocycles. The second-order valence-corrected chi connectivity index (χ2v) is 14.4. The fraction of sp³-hybridized carbons (Fsp3) is 0.739. The molecule has 0 aliphatic rings. The van der Waals surface area contributed by atoms with Crippen LogP contribution in [0.5, 0.6) is 0 Å². The van der Waals surface area contributed by atoms with Crippen molar-refractivity contribution in [3.63, 3.8) is 0 Å². The Hall–Kier alpha value is -2.44. The molecule has 0 aromatic carbocycles. The van der Waals surface area contributed by atoms with Gasteiger partial charge in [-0.1, -0.05) is 184 Å². The summed E-state index contributed by atoms with van der Waals surface area (Å²) in [6.07, 6.45) is 47.1. The minimum absolute atomic E-state index is 0.0267. The van der Waals surface area contributed by atoms with Crippen LogP contribution < -0.4 is 5.32 Å². The van der Waals surface area contributed by atoms with Crippen LogP contribution in [-0.2, 0) is 14.3 Å². The van der Waals surface area contributed by atoms with Crippen molar-refractivity contribution in [2.75, 3.05) is 6.61 Å². The maximum Gasteiger partial charge on any atom is 0.306 e. The van der Waals surface area contributed by atoms with Crippen molar-refractivity contribution in [3.05, 3.63) is 60.8 Å². The first kappa shape index (κ1) is 49.6. The number of amides is 1. The van der Waals surface area contributed by atoms with Crippen molar-refractivity contribution in [1.29, 1.82) is 0 Å². The van der Waals surface area contributed by atoms with Gasteiger partial charge < -0.3 is 20.3 Å². The number of aliphatic hydroxyl groups is 2. The van der Waals surface area contributed by atoms with E-state index < -0.39 is 18.2 Å². The number of hydrogen-bond donors (Lipinski definition) is 3. The summed E-state index contributed by atoms with van der Waals surface area (Å²) in [6.45, 7) is 6.24. The molecular weight excluding hydrogens is 647 g/mol. The Morgan fingerprint density at radius 1 is 0.577 bits per heavy atom. The van der Waals surface area contributed by atoms with Crippen LogP contribution in [0.25, 0.3) is 0 Å². The third-order valence-electron chi connectivity index (χ3n) is 9.43. The number of hydrogen-bond acceptors (Lipinski definition) is 5. The van der Waals surface area contributed by atoms with Gasteiger partial charge in [-0.25, -0.2) is 0 Å². The molecule has 3 N–H and O–H groups in total. The normalized spacial score (nSPS) is 14.0. The fourth-order valence-electron chi connectivity index (χ4n) is 6.13. The molecule has 0 rings (SSSR count). The average Bonchev–Trinajstić information content (AvgIpc) is 3.13. The molecule has 0 radical (unpaired) electrons. The summed E-state index contributed by atoms with van der Waals surface area (Å²) in [6, 6.07) is -0.722. The Labute approximate surface area is 320 Å². The topological polar surface area (TPSA) is 95.9 Å². The van der Waals surface area contributed by atoms with E-state index in [1.165, 1.54) is 83.5 Å². The zero-order chi connectivity index (χ0) is 38.2. The van der Waals surface area contributed by atoms with Gasteiger partial charge in [-0.3, -0.25) is 9.59 Å². The molecule has 300 valence electrons. The summed E-state index contributed by atoms with van der Waals surface area (Å²) in [5.41, 5.74) is 0. The van der Waals surface area contributed by atoms with Crippen molar-refractivity contribution >= 4 is 11.9 Å². The van der Waals surface area contributed by atoms with Crippen LogP contribution in [-0.4, -0.2) is 46.9 Å². The van der Waals surface area contributed by atoms with E-state index >= 15 is 0 Å². The summed E-state index contributed by atoms with van der Waals surface area (Å²) in [4.78, 5) is 25.9. The van der Waals surface area contributed by atoms with E-state index in [0.29, 0.717) is 19.3 Å². The van der Waals surface area contributed by atoms with Gasteiger partial charge in [0.05, 0.1) is 25.2 Å². The minimum atomic E-state index is -0.804. The predicted molar refractivity (Wildman–Crippen MR) is 222 cm³/mol. The van der Waals surface area contributed by atoms with Crippen molar-refractivity contribution in [2.24, 2.45) is 0 Å². The van der Waals surface area contributed by atoms with E-state index in [9.17, 15) is 19.8 Å². The average molecular weight is 728 g/mol. The zero-order valence-corrected chi connectivity index (χ0v) is 33.9. The van der Waals surface area contributed by atoms with Gasteiger partial charge in [0.1, 0.15) is 6.10 Å². The second-order valence-electron chi connectivity index (χ2n) is 14.4. The van der Waals surface area contributed by atoms with E-state index in [1.807, 2.05) is 36.5 Å². The monoisotopic (exact) mass is 728 g/mol. The molecule has 0 heterocycles. The van der Waals surface area contributed by atoms with Crippen LogP contribution in [0.4, 0.5) is 0 Å². The van der Waals surface area contributed by atoms with E-state index in [-0.39, 0.29) is 24.9 Å². The molecule has 0 fully saturated rings. The van der Waals surface area contributed by atoms with Crippen LogP contribution in [0.2, 0.25) is 0 Å². The number of ether oxygens (including phenoxy) is 1. The van der Waals surface area contributed by atoms with Gasteiger partial charge in [-0.05, 0) is 57.8 Å². The first-order valence-electron chi connectivity index (χ1n) is 21.6. The van der Waals surface area contributed by atoms with Gasteiger partial charge in [0.2, 0.25) is 5.91 Å². The van der Waals surface area contributed by atoms with E-state index in [4.69, 9.17) is 4.74 Å². The van der Waals surface area contributed by atoms with Crippen LogP contribution in [0.3, 0.4) is 0 Å². The lowest BCUT2D eigenvalue weighted by Gasteiger charge is -2.24. The number of carbonyl (C=O) groups is 2.